The van der Waals surface area contributed by atoms with Gasteiger partial charge in [0.25, 0.3) is 12.0 Å². The monoisotopic (exact) mass is 279 g/mol. The van der Waals surface area contributed by atoms with Gasteiger partial charge in [-0.2, -0.15) is 0 Å². The SMILES string of the molecule is CC(=O)NC(=O)C(OC(=O)Cc1ccccc1)C(=O)O. The number of nitrogens with one attached hydrogen (secondary N) is 1. The minimum atomic E-state index is -2.05. The molecule has 1 unspecified atom stereocenters. The van der Waals surface area contributed by atoms with Crippen LogP contribution in [0.5, 0.6) is 0 Å². The second-order valence-corrected chi connectivity index (χ2v) is 3.92. The molecule has 20 heavy (non-hydrogen) atoms. The minimum absolute atomic E-state index is 0.169. The molecule has 0 aliphatic rings. The number of rotatable bonds is 5. The third-order valence-corrected chi connectivity index (χ3v) is 2.20. The van der Waals surface area contributed by atoms with E-state index in [1.807, 2.05) is 0 Å². The van der Waals surface area contributed by atoms with Crippen molar-refractivity contribution in [3.63, 3.8) is 0 Å². The lowest BCUT2D eigenvalue weighted by Crippen LogP contribution is -2.44. The lowest BCUT2D eigenvalue weighted by Gasteiger charge is -2.12. The van der Waals surface area contributed by atoms with Gasteiger partial charge in [0, 0.05) is 6.92 Å². The molecule has 1 aromatic carbocycles. The maximum atomic E-state index is 11.6. The molecule has 1 rings (SSSR count). The highest BCUT2D eigenvalue weighted by Gasteiger charge is 2.31. The van der Waals surface area contributed by atoms with Crippen LogP contribution in [0.25, 0.3) is 0 Å². The van der Waals surface area contributed by atoms with Crippen molar-refractivity contribution in [3.8, 4) is 0 Å². The first kappa shape index (κ1) is 15.4. The molecule has 0 bridgehead atoms. The Balaban J connectivity index is 2.66. The fourth-order valence-corrected chi connectivity index (χ4v) is 1.39. The van der Waals surface area contributed by atoms with Gasteiger partial charge in [-0.1, -0.05) is 30.3 Å². The Kier molecular flexibility index (Phi) is 5.40. The topological polar surface area (TPSA) is 110 Å². The zero-order chi connectivity index (χ0) is 15.1. The molecule has 0 aromatic heterocycles. The zero-order valence-electron chi connectivity index (χ0n) is 10.7. The maximum Gasteiger partial charge on any atom is 0.355 e. The highest BCUT2D eigenvalue weighted by molar-refractivity contribution is 6.07. The number of imide groups is 1. The van der Waals surface area contributed by atoms with Gasteiger partial charge in [-0.25, -0.2) is 4.79 Å². The summed E-state index contributed by atoms with van der Waals surface area (Å²) in [6, 6.07) is 8.49. The van der Waals surface area contributed by atoms with Crippen molar-refractivity contribution < 1.29 is 29.0 Å². The van der Waals surface area contributed by atoms with E-state index < -0.39 is 29.9 Å². The van der Waals surface area contributed by atoms with Gasteiger partial charge in [0.2, 0.25) is 5.91 Å². The van der Waals surface area contributed by atoms with Gasteiger partial charge in [-0.15, -0.1) is 0 Å². The summed E-state index contributed by atoms with van der Waals surface area (Å²) in [4.78, 5) is 44.5. The summed E-state index contributed by atoms with van der Waals surface area (Å²) in [6.07, 6.45) is -2.21. The van der Waals surface area contributed by atoms with E-state index in [4.69, 9.17) is 5.11 Å². The fourth-order valence-electron chi connectivity index (χ4n) is 1.39. The quantitative estimate of drug-likeness (QED) is 0.574. The van der Waals surface area contributed by atoms with Crippen molar-refractivity contribution in [2.75, 3.05) is 0 Å². The Bertz CT molecular complexity index is 525. The summed E-state index contributed by atoms with van der Waals surface area (Å²) in [6.45, 7) is 1.04. The van der Waals surface area contributed by atoms with Gasteiger partial charge in [0.15, 0.2) is 0 Å². The molecule has 2 amide bonds. The van der Waals surface area contributed by atoms with Crippen molar-refractivity contribution >= 4 is 23.8 Å². The second-order valence-electron chi connectivity index (χ2n) is 3.92. The van der Waals surface area contributed by atoms with Crippen LogP contribution in [0, 0.1) is 0 Å². The van der Waals surface area contributed by atoms with E-state index in [2.05, 4.69) is 4.74 Å². The van der Waals surface area contributed by atoms with Crippen LogP contribution in [-0.4, -0.2) is 35.0 Å². The molecular formula is C13H13NO6. The first-order chi connectivity index (χ1) is 9.40. The molecule has 0 fully saturated rings. The number of aliphatic carboxylic acids is 1. The van der Waals surface area contributed by atoms with E-state index in [0.29, 0.717) is 5.56 Å². The van der Waals surface area contributed by atoms with Gasteiger partial charge in [0.1, 0.15) is 0 Å². The molecule has 2 N–H and O–H groups in total. The molecule has 0 spiro atoms. The number of amides is 2. The lowest BCUT2D eigenvalue weighted by atomic mass is 10.1. The predicted octanol–water partition coefficient (Wildman–Crippen LogP) is -0.112. The molecule has 0 aliphatic heterocycles. The van der Waals surface area contributed by atoms with Crippen LogP contribution in [0.3, 0.4) is 0 Å². The summed E-state index contributed by atoms with van der Waals surface area (Å²) < 4.78 is 4.58. The Hall–Kier alpha value is -2.70. The third kappa shape index (κ3) is 4.89. The maximum absolute atomic E-state index is 11.6. The summed E-state index contributed by atoms with van der Waals surface area (Å²) in [7, 11) is 0. The van der Waals surface area contributed by atoms with E-state index >= 15 is 0 Å². The van der Waals surface area contributed by atoms with Crippen molar-refractivity contribution in [2.45, 2.75) is 19.4 Å². The number of esters is 1. The van der Waals surface area contributed by atoms with Gasteiger partial charge in [0.05, 0.1) is 6.42 Å². The van der Waals surface area contributed by atoms with Crippen LogP contribution in [0.15, 0.2) is 30.3 Å². The summed E-state index contributed by atoms with van der Waals surface area (Å²) in [5.41, 5.74) is 0.619. The van der Waals surface area contributed by atoms with Crippen molar-refractivity contribution in [2.24, 2.45) is 0 Å². The molecule has 1 aromatic rings. The van der Waals surface area contributed by atoms with E-state index in [-0.39, 0.29) is 6.42 Å². The highest BCUT2D eigenvalue weighted by Crippen LogP contribution is 2.03. The zero-order valence-corrected chi connectivity index (χ0v) is 10.7. The van der Waals surface area contributed by atoms with Gasteiger partial charge < -0.3 is 9.84 Å². The number of hydrogen-bond donors (Lipinski definition) is 2. The number of carboxylic acid groups (broad SMARTS) is 1. The van der Waals surface area contributed by atoms with Crippen LogP contribution >= 0.6 is 0 Å². The molecular weight excluding hydrogens is 266 g/mol. The van der Waals surface area contributed by atoms with E-state index in [1.54, 1.807) is 35.6 Å². The fraction of sp³-hybridized carbons (Fsp3) is 0.231. The molecule has 0 aliphatic carbocycles. The van der Waals surface area contributed by atoms with E-state index in [0.717, 1.165) is 6.92 Å². The smallest absolute Gasteiger partial charge is 0.355 e. The van der Waals surface area contributed by atoms with Gasteiger partial charge in [-0.05, 0) is 5.56 Å². The molecule has 106 valence electrons. The first-order valence-electron chi connectivity index (χ1n) is 5.68. The second kappa shape index (κ2) is 7.03. The number of benzene rings is 1. The van der Waals surface area contributed by atoms with Gasteiger partial charge >= 0.3 is 11.9 Å². The number of carbonyl (C=O) groups excluding carboxylic acids is 3. The Labute approximate surface area is 114 Å². The number of ether oxygens (including phenoxy) is 1. The molecule has 7 heteroatoms. The minimum Gasteiger partial charge on any atom is -0.478 e. The Morgan fingerprint density at radius 3 is 2.30 bits per heavy atom. The molecule has 0 saturated heterocycles. The van der Waals surface area contributed by atoms with Crippen molar-refractivity contribution in [1.82, 2.24) is 5.32 Å². The largest absolute Gasteiger partial charge is 0.478 e. The summed E-state index contributed by atoms with van der Waals surface area (Å²) in [5, 5.41) is 10.6. The van der Waals surface area contributed by atoms with E-state index in [9.17, 15) is 19.2 Å². The van der Waals surface area contributed by atoms with Crippen LogP contribution in [0.2, 0.25) is 0 Å². The summed E-state index contributed by atoms with van der Waals surface area (Å²) >= 11 is 0. The lowest BCUT2D eigenvalue weighted by molar-refractivity contribution is -0.168. The van der Waals surface area contributed by atoms with Crippen molar-refractivity contribution in [3.05, 3.63) is 35.9 Å². The molecule has 0 radical (unpaired) electrons. The van der Waals surface area contributed by atoms with Crippen LogP contribution in [0.1, 0.15) is 12.5 Å². The molecule has 7 nitrogen and oxygen atoms in total. The predicted molar refractivity (Wildman–Crippen MR) is 66.5 cm³/mol. The number of carboxylic acids is 1. The molecule has 0 saturated carbocycles. The van der Waals surface area contributed by atoms with Gasteiger partial charge in [-0.3, -0.25) is 19.7 Å². The van der Waals surface area contributed by atoms with Crippen LogP contribution in [-0.2, 0) is 30.3 Å². The van der Waals surface area contributed by atoms with Crippen LogP contribution in [0.4, 0.5) is 0 Å². The van der Waals surface area contributed by atoms with Crippen LogP contribution < -0.4 is 5.32 Å². The average molecular weight is 279 g/mol. The standard InChI is InChI=1S/C13H13NO6/c1-8(15)14-12(17)11(13(18)19)20-10(16)7-9-5-3-2-4-6-9/h2-6,11H,7H2,1H3,(H,18,19)(H,14,15,17). The van der Waals surface area contributed by atoms with E-state index in [1.165, 1.54) is 0 Å². The third-order valence-electron chi connectivity index (χ3n) is 2.20. The number of carbonyl (C=O) groups is 4. The average Bonchev–Trinajstić information content (AvgIpc) is 2.35. The Morgan fingerprint density at radius 2 is 1.80 bits per heavy atom. The normalized spacial score (nSPS) is 11.2. The Morgan fingerprint density at radius 1 is 1.20 bits per heavy atom. The highest BCUT2D eigenvalue weighted by atomic mass is 16.6. The molecule has 1 atom stereocenters. The molecule has 0 heterocycles. The summed E-state index contributed by atoms with van der Waals surface area (Å²) in [5.74, 6) is -4.45. The number of hydrogen-bond acceptors (Lipinski definition) is 5. The van der Waals surface area contributed by atoms with Crippen molar-refractivity contribution in [1.29, 1.82) is 0 Å². The first-order valence-corrected chi connectivity index (χ1v) is 5.68.